The molecule has 0 spiro atoms. The molecule has 0 unspecified atom stereocenters. The van der Waals surface area contributed by atoms with E-state index < -0.39 is 16.0 Å². The summed E-state index contributed by atoms with van der Waals surface area (Å²) in [6.45, 7) is 5.97. The molecule has 2 aromatic carbocycles. The number of nitrogens with zero attached hydrogens (tertiary/aromatic N) is 2. The molecule has 0 radical (unpaired) electrons. The minimum Gasteiger partial charge on any atom is -0.478 e. The van der Waals surface area contributed by atoms with E-state index >= 15 is 0 Å². The average molecular weight is 388 g/mol. The molecule has 1 fully saturated rings. The highest BCUT2D eigenvalue weighted by molar-refractivity contribution is 7.89. The van der Waals surface area contributed by atoms with E-state index in [2.05, 4.69) is 4.90 Å². The zero-order valence-electron chi connectivity index (χ0n) is 15.8. The molecule has 27 heavy (non-hydrogen) atoms. The zero-order chi connectivity index (χ0) is 19.8. The van der Waals surface area contributed by atoms with Crippen LogP contribution in [0.15, 0.2) is 41.3 Å². The molecular formula is C20H24N2O4S. The van der Waals surface area contributed by atoms with Gasteiger partial charge in [-0.15, -0.1) is 0 Å². The number of aryl methyl sites for hydroxylation is 2. The normalized spacial score (nSPS) is 16.4. The molecule has 0 saturated carbocycles. The molecule has 0 aliphatic carbocycles. The third-order valence-electron chi connectivity index (χ3n) is 5.02. The first kappa shape index (κ1) is 19.5. The number of benzene rings is 2. The van der Waals surface area contributed by atoms with Crippen LogP contribution in [0.5, 0.6) is 0 Å². The average Bonchev–Trinajstić information content (AvgIpc) is 2.61. The first-order valence-electron chi connectivity index (χ1n) is 8.84. The van der Waals surface area contributed by atoms with E-state index in [0.29, 0.717) is 31.7 Å². The van der Waals surface area contributed by atoms with E-state index in [4.69, 9.17) is 0 Å². The topological polar surface area (TPSA) is 77.9 Å². The van der Waals surface area contributed by atoms with Crippen LogP contribution in [0, 0.1) is 13.8 Å². The molecule has 0 aromatic heterocycles. The van der Waals surface area contributed by atoms with Gasteiger partial charge in [-0.2, -0.15) is 4.31 Å². The molecule has 1 aliphatic heterocycles. The number of carboxylic acid groups (broad SMARTS) is 1. The Labute approximate surface area is 160 Å². The van der Waals surface area contributed by atoms with Gasteiger partial charge in [-0.1, -0.05) is 18.2 Å². The predicted molar refractivity (Wildman–Crippen MR) is 105 cm³/mol. The lowest BCUT2D eigenvalue weighted by atomic mass is 9.95. The Balaban J connectivity index is 2.14. The summed E-state index contributed by atoms with van der Waals surface area (Å²) >= 11 is 0. The first-order chi connectivity index (χ1) is 12.7. The Hall–Kier alpha value is -2.22. The summed E-state index contributed by atoms with van der Waals surface area (Å²) in [6.07, 6.45) is 0. The van der Waals surface area contributed by atoms with Crippen molar-refractivity contribution in [3.63, 3.8) is 0 Å². The molecule has 0 bridgehead atoms. The molecule has 7 heteroatoms. The maximum absolute atomic E-state index is 13.1. The van der Waals surface area contributed by atoms with E-state index in [9.17, 15) is 18.3 Å². The molecule has 0 atom stereocenters. The summed E-state index contributed by atoms with van der Waals surface area (Å²) in [7, 11) is -1.80. The minimum atomic E-state index is -3.75. The monoisotopic (exact) mass is 388 g/mol. The van der Waals surface area contributed by atoms with Crippen LogP contribution in [0.4, 0.5) is 0 Å². The van der Waals surface area contributed by atoms with Crippen molar-refractivity contribution in [2.24, 2.45) is 0 Å². The van der Waals surface area contributed by atoms with Crippen LogP contribution in [0.3, 0.4) is 0 Å². The van der Waals surface area contributed by atoms with Gasteiger partial charge in [0.1, 0.15) is 0 Å². The Morgan fingerprint density at radius 1 is 1.00 bits per heavy atom. The lowest BCUT2D eigenvalue weighted by molar-refractivity contribution is 0.0696. The summed E-state index contributed by atoms with van der Waals surface area (Å²) in [5.74, 6) is -1.14. The van der Waals surface area contributed by atoms with Crippen molar-refractivity contribution < 1.29 is 18.3 Å². The third-order valence-corrected chi connectivity index (χ3v) is 6.90. The molecule has 144 valence electrons. The van der Waals surface area contributed by atoms with E-state index in [1.165, 1.54) is 10.4 Å². The summed E-state index contributed by atoms with van der Waals surface area (Å²) in [4.78, 5) is 13.7. The highest BCUT2D eigenvalue weighted by atomic mass is 32.2. The van der Waals surface area contributed by atoms with E-state index in [-0.39, 0.29) is 10.5 Å². The van der Waals surface area contributed by atoms with Gasteiger partial charge in [0.05, 0.1) is 10.5 Å². The maximum atomic E-state index is 13.1. The van der Waals surface area contributed by atoms with Gasteiger partial charge in [0, 0.05) is 26.2 Å². The van der Waals surface area contributed by atoms with E-state index in [1.54, 1.807) is 12.1 Å². The van der Waals surface area contributed by atoms with Gasteiger partial charge < -0.3 is 10.0 Å². The van der Waals surface area contributed by atoms with Crippen molar-refractivity contribution >= 4 is 16.0 Å². The number of hydrogen-bond donors (Lipinski definition) is 1. The number of carbonyl (C=O) groups is 1. The highest BCUT2D eigenvalue weighted by Gasteiger charge is 2.29. The van der Waals surface area contributed by atoms with Crippen molar-refractivity contribution in [2.75, 3.05) is 33.2 Å². The van der Waals surface area contributed by atoms with Crippen molar-refractivity contribution in [2.45, 2.75) is 18.7 Å². The van der Waals surface area contributed by atoms with Gasteiger partial charge in [0.25, 0.3) is 0 Å². The van der Waals surface area contributed by atoms with Crippen LogP contribution in [-0.4, -0.2) is 61.9 Å². The Morgan fingerprint density at radius 2 is 1.59 bits per heavy atom. The second kappa shape index (κ2) is 7.42. The summed E-state index contributed by atoms with van der Waals surface area (Å²) < 4.78 is 27.7. The van der Waals surface area contributed by atoms with Crippen LogP contribution in [0.25, 0.3) is 11.1 Å². The van der Waals surface area contributed by atoms with Crippen molar-refractivity contribution in [1.29, 1.82) is 0 Å². The number of carboxylic acids is 1. The van der Waals surface area contributed by atoms with Crippen LogP contribution in [0.2, 0.25) is 0 Å². The van der Waals surface area contributed by atoms with E-state index in [1.807, 2.05) is 39.1 Å². The molecule has 1 saturated heterocycles. The molecule has 1 heterocycles. The number of rotatable bonds is 4. The molecule has 1 N–H and O–H groups in total. The summed E-state index contributed by atoms with van der Waals surface area (Å²) in [5, 5.41) is 9.51. The first-order valence-corrected chi connectivity index (χ1v) is 10.3. The van der Waals surface area contributed by atoms with Crippen molar-refractivity contribution in [3.05, 3.63) is 53.1 Å². The smallest absolute Gasteiger partial charge is 0.335 e. The standard InChI is InChI=1S/C20H24N2O4S/c1-14-5-4-6-15(2)19(14)16-11-17(20(23)24)13-18(12-16)27(25,26)22-9-7-21(3)8-10-22/h4-6,11-13H,7-10H2,1-3H3,(H,23,24). The molecule has 0 amide bonds. The second-order valence-corrected chi connectivity index (χ2v) is 8.96. The largest absolute Gasteiger partial charge is 0.478 e. The van der Waals surface area contributed by atoms with Crippen LogP contribution < -0.4 is 0 Å². The van der Waals surface area contributed by atoms with Gasteiger partial charge in [0.15, 0.2) is 0 Å². The van der Waals surface area contributed by atoms with Crippen LogP contribution in [-0.2, 0) is 10.0 Å². The van der Waals surface area contributed by atoms with Gasteiger partial charge in [-0.3, -0.25) is 0 Å². The Morgan fingerprint density at radius 3 is 2.15 bits per heavy atom. The van der Waals surface area contributed by atoms with Crippen LogP contribution in [0.1, 0.15) is 21.5 Å². The van der Waals surface area contributed by atoms with E-state index in [0.717, 1.165) is 16.7 Å². The van der Waals surface area contributed by atoms with Crippen molar-refractivity contribution in [3.8, 4) is 11.1 Å². The fraction of sp³-hybridized carbons (Fsp3) is 0.350. The quantitative estimate of drug-likeness (QED) is 0.871. The fourth-order valence-electron chi connectivity index (χ4n) is 3.46. The summed E-state index contributed by atoms with van der Waals surface area (Å²) in [6, 6.07) is 10.2. The fourth-order valence-corrected chi connectivity index (χ4v) is 4.96. The maximum Gasteiger partial charge on any atom is 0.335 e. The Kier molecular flexibility index (Phi) is 5.37. The highest BCUT2D eigenvalue weighted by Crippen LogP contribution is 2.31. The Bertz CT molecular complexity index is 957. The lowest BCUT2D eigenvalue weighted by Gasteiger charge is -2.31. The second-order valence-electron chi connectivity index (χ2n) is 7.03. The molecule has 1 aliphatic rings. The minimum absolute atomic E-state index is 0.0251. The van der Waals surface area contributed by atoms with Gasteiger partial charge >= 0.3 is 5.97 Å². The summed E-state index contributed by atoms with van der Waals surface area (Å²) in [5.41, 5.74) is 3.40. The van der Waals surface area contributed by atoms with Crippen molar-refractivity contribution in [1.82, 2.24) is 9.21 Å². The molecule has 3 rings (SSSR count). The third kappa shape index (κ3) is 3.90. The SMILES string of the molecule is Cc1cccc(C)c1-c1cc(C(=O)O)cc(S(=O)(=O)N2CCN(C)CC2)c1. The van der Waals surface area contributed by atoms with Gasteiger partial charge in [-0.05, 0) is 61.3 Å². The number of sulfonamides is 1. The number of hydrogen-bond acceptors (Lipinski definition) is 4. The van der Waals surface area contributed by atoms with Gasteiger partial charge in [0.2, 0.25) is 10.0 Å². The van der Waals surface area contributed by atoms with Gasteiger partial charge in [-0.25, -0.2) is 13.2 Å². The predicted octanol–water partition coefficient (Wildman–Crippen LogP) is 2.60. The molecule has 2 aromatic rings. The van der Waals surface area contributed by atoms with Crippen LogP contribution >= 0.6 is 0 Å². The lowest BCUT2D eigenvalue weighted by Crippen LogP contribution is -2.47. The number of likely N-dealkylation sites (N-methyl/N-ethyl adjacent to an activating group) is 1. The molecular weight excluding hydrogens is 364 g/mol. The molecule has 6 nitrogen and oxygen atoms in total. The number of aromatic carboxylic acids is 1. The zero-order valence-corrected chi connectivity index (χ0v) is 16.6. The number of piperazine rings is 1.